The molecule has 0 aliphatic carbocycles. The number of anilines is 1. The van der Waals surface area contributed by atoms with Crippen LogP contribution in [0.25, 0.3) is 21.7 Å². The van der Waals surface area contributed by atoms with E-state index in [1.165, 1.54) is 23.1 Å². The summed E-state index contributed by atoms with van der Waals surface area (Å²) in [6, 6.07) is 17.1. The summed E-state index contributed by atoms with van der Waals surface area (Å²) in [5.74, 6) is -0.757. The van der Waals surface area contributed by atoms with Gasteiger partial charge in [0.15, 0.2) is 0 Å². The van der Waals surface area contributed by atoms with Crippen molar-refractivity contribution in [2.24, 2.45) is 11.7 Å². The maximum atomic E-state index is 12.9. The Kier molecular flexibility index (Phi) is 14.6. The number of halogens is 1. The van der Waals surface area contributed by atoms with Gasteiger partial charge >= 0.3 is 5.97 Å². The maximum Gasteiger partial charge on any atom is 0.326 e. The molecule has 2 aromatic carbocycles. The van der Waals surface area contributed by atoms with Crippen LogP contribution in [0.4, 0.5) is 5.82 Å². The van der Waals surface area contributed by atoms with Crippen LogP contribution in [0.2, 0.25) is 5.02 Å². The van der Waals surface area contributed by atoms with Crippen molar-refractivity contribution in [3.63, 3.8) is 0 Å². The van der Waals surface area contributed by atoms with E-state index >= 15 is 0 Å². The lowest BCUT2D eigenvalue weighted by Gasteiger charge is -2.23. The number of nitrogen functional groups attached to an aromatic ring is 1. The molecule has 0 radical (unpaired) electrons. The summed E-state index contributed by atoms with van der Waals surface area (Å²) in [5.41, 5.74) is 14.9. The van der Waals surface area contributed by atoms with E-state index in [4.69, 9.17) is 32.8 Å². The smallest absolute Gasteiger partial charge is 0.326 e. The van der Waals surface area contributed by atoms with Gasteiger partial charge in [0.1, 0.15) is 52.0 Å². The quantitative estimate of drug-likeness (QED) is 0.0601. The molecule has 0 unspecified atom stereocenters. The van der Waals surface area contributed by atoms with Crippen LogP contribution in [-0.2, 0) is 15.3 Å². The lowest BCUT2D eigenvalue weighted by atomic mass is 9.97. The fourth-order valence-electron chi connectivity index (χ4n) is 5.14. The van der Waals surface area contributed by atoms with Crippen molar-refractivity contribution in [3.8, 4) is 39.6 Å². The molecule has 0 fully saturated rings. The second-order valence-corrected chi connectivity index (χ2v) is 14.1. The molecule has 12 nitrogen and oxygen atoms in total. The predicted molar refractivity (Wildman–Crippen MR) is 200 cm³/mol. The number of carbonyl (C=O) groups excluding carboxylic acids is 1. The van der Waals surface area contributed by atoms with Crippen molar-refractivity contribution in [1.29, 1.82) is 10.5 Å². The monoisotopic (exact) mass is 746 g/mol. The minimum atomic E-state index is -1.08. The Hall–Kier alpha value is -4.70. The van der Waals surface area contributed by atoms with Gasteiger partial charge in [-0.2, -0.15) is 10.5 Å². The number of ether oxygens (including phenoxy) is 1. The van der Waals surface area contributed by atoms with Crippen molar-refractivity contribution in [2.75, 3.05) is 25.4 Å². The molecule has 2 aromatic heterocycles. The minimum absolute atomic E-state index is 0.0219. The van der Waals surface area contributed by atoms with Crippen LogP contribution in [0.15, 0.2) is 58.9 Å². The number of carbonyl (C=O) groups is 2. The third kappa shape index (κ3) is 10.7. The van der Waals surface area contributed by atoms with Gasteiger partial charge < -0.3 is 31.9 Å². The van der Waals surface area contributed by atoms with Gasteiger partial charge in [0.05, 0.1) is 17.3 Å². The first-order chi connectivity index (χ1) is 24.6. The number of amides is 1. The van der Waals surface area contributed by atoms with Crippen molar-refractivity contribution < 1.29 is 19.4 Å². The molecule has 4 rings (SSSR count). The molecule has 15 heteroatoms. The van der Waals surface area contributed by atoms with E-state index in [1.54, 1.807) is 38.1 Å². The average Bonchev–Trinajstić information content (AvgIpc) is 3.59. The van der Waals surface area contributed by atoms with E-state index in [9.17, 15) is 25.2 Å². The number of nitrogens with two attached hydrogens (primary N) is 2. The van der Waals surface area contributed by atoms with Crippen molar-refractivity contribution >= 4 is 52.4 Å². The first-order valence-electron chi connectivity index (χ1n) is 16.2. The van der Waals surface area contributed by atoms with E-state index < -0.39 is 18.1 Å². The number of carboxylic acids is 1. The molecule has 0 aliphatic rings. The lowest BCUT2D eigenvalue weighted by molar-refractivity contribution is -0.143. The number of benzene rings is 2. The molecular formula is C36H39ClN8O4S2. The highest BCUT2D eigenvalue weighted by Crippen LogP contribution is 2.37. The molecule has 0 bridgehead atoms. The van der Waals surface area contributed by atoms with Crippen molar-refractivity contribution in [2.45, 2.75) is 56.0 Å². The Bertz CT molecular complexity index is 1890. The highest BCUT2D eigenvalue weighted by Gasteiger charge is 2.27. The summed E-state index contributed by atoms with van der Waals surface area (Å²) >= 11 is 8.83. The van der Waals surface area contributed by atoms with E-state index in [-0.39, 0.29) is 35.4 Å². The highest BCUT2D eigenvalue weighted by atomic mass is 35.5. The zero-order valence-corrected chi connectivity index (χ0v) is 30.6. The molecule has 0 saturated carbocycles. The van der Waals surface area contributed by atoms with Crippen LogP contribution in [0.3, 0.4) is 0 Å². The van der Waals surface area contributed by atoms with Crippen LogP contribution in [0.1, 0.15) is 49.9 Å². The second kappa shape index (κ2) is 19.1. The van der Waals surface area contributed by atoms with Crippen LogP contribution in [0, 0.1) is 28.6 Å². The Labute approximate surface area is 310 Å². The van der Waals surface area contributed by atoms with E-state index in [1.807, 2.05) is 29.6 Å². The van der Waals surface area contributed by atoms with Gasteiger partial charge in [0, 0.05) is 33.8 Å². The van der Waals surface area contributed by atoms with Crippen molar-refractivity contribution in [3.05, 3.63) is 75.8 Å². The van der Waals surface area contributed by atoms with E-state index in [0.29, 0.717) is 58.6 Å². The number of aromatic nitrogens is 2. The topological polar surface area (TPSA) is 213 Å². The predicted octanol–water partition coefficient (Wildman–Crippen LogP) is 5.83. The summed E-state index contributed by atoms with van der Waals surface area (Å²) in [7, 11) is 0. The summed E-state index contributed by atoms with van der Waals surface area (Å²) in [5, 5.41) is 39.3. The van der Waals surface area contributed by atoms with Gasteiger partial charge in [-0.3, -0.25) is 4.79 Å². The van der Waals surface area contributed by atoms with Gasteiger partial charge in [-0.1, -0.05) is 67.9 Å². The first kappa shape index (κ1) is 39.1. The number of pyridine rings is 1. The fourth-order valence-corrected chi connectivity index (χ4v) is 7.08. The average molecular weight is 747 g/mol. The Balaban J connectivity index is 1.43. The van der Waals surface area contributed by atoms with Crippen LogP contribution >= 0.6 is 34.7 Å². The molecule has 4 aromatic rings. The Morgan fingerprint density at radius 2 is 1.73 bits per heavy atom. The molecule has 0 saturated heterocycles. The molecule has 7 N–H and O–H groups in total. The number of nitrogens with one attached hydrogen (secondary N) is 2. The van der Waals surface area contributed by atoms with Gasteiger partial charge in [0.25, 0.3) is 0 Å². The van der Waals surface area contributed by atoms with Crippen molar-refractivity contribution in [1.82, 2.24) is 20.6 Å². The number of thioether (sulfide) groups is 1. The van der Waals surface area contributed by atoms with E-state index in [0.717, 1.165) is 22.7 Å². The standard InChI is InChI=1S/C36H39ClN8O4S2/c1-21(2)31(36(47)48)44-33(46)29(5-3-4-14-38)42-15-16-49-26-12-8-22(9-13-26)30-27(17-39)32(41)45-35(28(30)18-40)51-20-25-19-50-34(43-25)23-6-10-24(37)11-7-23/h6-13,19,21,29,31,42H,3-5,14-16,20,38H2,1-2H3,(H2,41,45)(H,44,46)(H,47,48)/t29-,31+/m0/s1. The summed E-state index contributed by atoms with van der Waals surface area (Å²) in [4.78, 5) is 33.7. The summed E-state index contributed by atoms with van der Waals surface area (Å²) in [6.45, 7) is 4.51. The molecule has 2 heterocycles. The second-order valence-electron chi connectivity index (χ2n) is 11.8. The zero-order valence-electron chi connectivity index (χ0n) is 28.2. The summed E-state index contributed by atoms with van der Waals surface area (Å²) in [6.07, 6.45) is 1.94. The van der Waals surface area contributed by atoms with Gasteiger partial charge in [0.2, 0.25) is 5.91 Å². The zero-order chi connectivity index (χ0) is 36.9. The van der Waals surface area contributed by atoms with Crippen LogP contribution in [0.5, 0.6) is 5.75 Å². The Morgan fingerprint density at radius 3 is 2.35 bits per heavy atom. The molecule has 0 aliphatic heterocycles. The van der Waals surface area contributed by atoms with Crippen LogP contribution in [-0.4, -0.2) is 58.7 Å². The normalized spacial score (nSPS) is 12.1. The number of nitrogens with zero attached hydrogens (tertiary/aromatic N) is 4. The number of hydrogen-bond donors (Lipinski definition) is 5. The SMILES string of the molecule is CC(C)[C@@H](NC(=O)[C@H](CCCCN)NCCOc1ccc(-c2c(C#N)c(N)nc(SCc3csc(-c4ccc(Cl)cc4)n3)c2C#N)cc1)C(=O)O. The largest absolute Gasteiger partial charge is 0.492 e. The van der Waals surface area contributed by atoms with Gasteiger partial charge in [-0.05, 0) is 55.1 Å². The number of hydrogen-bond acceptors (Lipinski definition) is 12. The number of nitriles is 2. The number of rotatable bonds is 18. The molecule has 2 atom stereocenters. The number of aliphatic carboxylic acids is 1. The molecule has 51 heavy (non-hydrogen) atoms. The lowest BCUT2D eigenvalue weighted by Crippen LogP contribution is -2.52. The maximum absolute atomic E-state index is 12.9. The van der Waals surface area contributed by atoms with Crippen LogP contribution < -0.4 is 26.8 Å². The Morgan fingerprint density at radius 1 is 1.04 bits per heavy atom. The first-order valence-corrected chi connectivity index (χ1v) is 18.5. The van der Waals surface area contributed by atoms with Gasteiger partial charge in [-0.15, -0.1) is 11.3 Å². The third-order valence-electron chi connectivity index (χ3n) is 7.81. The molecule has 1 amide bonds. The fraction of sp³-hybridized carbons (Fsp3) is 0.333. The number of thiazole rings is 1. The molecule has 0 spiro atoms. The third-order valence-corrected chi connectivity index (χ3v) is 10.0. The minimum Gasteiger partial charge on any atom is -0.492 e. The number of carboxylic acid groups (broad SMARTS) is 1. The molecular weight excluding hydrogens is 708 g/mol. The number of unbranched alkanes of at least 4 members (excludes halogenated alkanes) is 1. The summed E-state index contributed by atoms with van der Waals surface area (Å²) < 4.78 is 5.91. The molecule has 266 valence electrons. The highest BCUT2D eigenvalue weighted by molar-refractivity contribution is 7.98. The van der Waals surface area contributed by atoms with Gasteiger partial charge in [-0.25, -0.2) is 14.8 Å². The van der Waals surface area contributed by atoms with E-state index in [2.05, 4.69) is 27.8 Å².